The van der Waals surface area contributed by atoms with Gasteiger partial charge in [0.1, 0.15) is 11.6 Å². The smallest absolute Gasteiger partial charge is 0.216 e. The molecule has 0 fully saturated rings. The molecule has 1 aromatic heterocycles. The molecule has 0 aliphatic carbocycles. The van der Waals surface area contributed by atoms with Gasteiger partial charge in [-0.2, -0.15) is 0 Å². The largest absolute Gasteiger partial charge is 0.495 e. The number of nitrogens with one attached hydrogen (secondary N) is 1. The number of methoxy groups -OCH3 is 1. The normalized spacial score (nSPS) is 10.6. The van der Waals surface area contributed by atoms with Gasteiger partial charge in [-0.15, -0.1) is 10.2 Å². The summed E-state index contributed by atoms with van der Waals surface area (Å²) in [5.74, 6) is 1.51. The van der Waals surface area contributed by atoms with Crippen LogP contribution in [0.1, 0.15) is 23.1 Å². The third-order valence-electron chi connectivity index (χ3n) is 4.18. The van der Waals surface area contributed by atoms with Crippen LogP contribution < -0.4 is 10.1 Å². The van der Waals surface area contributed by atoms with Crippen molar-refractivity contribution in [1.82, 2.24) is 20.1 Å². The van der Waals surface area contributed by atoms with Gasteiger partial charge in [0.05, 0.1) is 18.6 Å². The monoisotopic (exact) mass is 410 g/mol. The van der Waals surface area contributed by atoms with E-state index in [1.807, 2.05) is 47.0 Å². The molecule has 0 bridgehead atoms. The Bertz CT molecular complexity index is 989. The molecule has 1 heterocycles. The van der Waals surface area contributed by atoms with E-state index in [0.29, 0.717) is 35.3 Å². The van der Waals surface area contributed by atoms with Crippen LogP contribution in [-0.2, 0) is 11.2 Å². The second-order valence-electron chi connectivity index (χ2n) is 6.22. The molecule has 0 aliphatic rings. The number of Topliss-reactive ketones (excluding diaryl/α,β-unsaturated/α-hetero) is 1. The van der Waals surface area contributed by atoms with E-state index in [4.69, 9.17) is 4.74 Å². The molecule has 0 saturated heterocycles. The molecular weight excluding hydrogens is 388 g/mol. The number of nitrogens with zero attached hydrogens (tertiary/aromatic N) is 3. The molecule has 2 aromatic carbocycles. The van der Waals surface area contributed by atoms with Crippen LogP contribution >= 0.6 is 11.8 Å². The minimum Gasteiger partial charge on any atom is -0.495 e. The Morgan fingerprint density at radius 1 is 1.07 bits per heavy atom. The van der Waals surface area contributed by atoms with E-state index in [-0.39, 0.29) is 17.4 Å². The Morgan fingerprint density at radius 2 is 1.79 bits per heavy atom. The molecule has 0 radical (unpaired) electrons. The van der Waals surface area contributed by atoms with E-state index >= 15 is 0 Å². The van der Waals surface area contributed by atoms with Crippen LogP contribution in [0.25, 0.3) is 5.69 Å². The highest BCUT2D eigenvalue weighted by Gasteiger charge is 2.18. The Morgan fingerprint density at radius 3 is 2.52 bits per heavy atom. The topological polar surface area (TPSA) is 86.1 Å². The van der Waals surface area contributed by atoms with Crippen molar-refractivity contribution in [2.24, 2.45) is 0 Å². The van der Waals surface area contributed by atoms with Crippen molar-refractivity contribution >= 4 is 23.5 Å². The summed E-state index contributed by atoms with van der Waals surface area (Å²) in [7, 11) is 1.60. The van der Waals surface area contributed by atoms with Gasteiger partial charge in [0.15, 0.2) is 10.9 Å². The lowest BCUT2D eigenvalue weighted by Gasteiger charge is -2.13. The fourth-order valence-corrected chi connectivity index (χ4v) is 3.66. The Balaban J connectivity index is 1.87. The summed E-state index contributed by atoms with van der Waals surface area (Å²) in [6.45, 7) is 1.91. The number of ketones is 1. The average molecular weight is 410 g/mol. The maximum absolute atomic E-state index is 12.5. The lowest BCUT2D eigenvalue weighted by molar-refractivity contribution is -0.118. The van der Waals surface area contributed by atoms with Crippen molar-refractivity contribution in [2.45, 2.75) is 18.5 Å². The molecule has 150 valence electrons. The lowest BCUT2D eigenvalue weighted by atomic mass is 10.2. The lowest BCUT2D eigenvalue weighted by Crippen LogP contribution is -2.23. The van der Waals surface area contributed by atoms with Gasteiger partial charge in [0.2, 0.25) is 5.91 Å². The highest BCUT2D eigenvalue weighted by atomic mass is 32.2. The standard InChI is InChI=1S/C21H22N4O3S/c1-15(26)22-13-12-20-23-24-21(25(20)17-10-6-7-11-19(17)28-2)29-14-18(27)16-8-4-3-5-9-16/h3-11H,12-14H2,1-2H3,(H,22,26). The average Bonchev–Trinajstić information content (AvgIpc) is 3.14. The highest BCUT2D eigenvalue weighted by molar-refractivity contribution is 7.99. The summed E-state index contributed by atoms with van der Waals surface area (Å²) < 4.78 is 7.37. The van der Waals surface area contributed by atoms with Crippen molar-refractivity contribution in [3.8, 4) is 11.4 Å². The number of benzene rings is 2. The number of ether oxygens (including phenoxy) is 1. The number of aromatic nitrogens is 3. The number of thioether (sulfide) groups is 1. The zero-order valence-electron chi connectivity index (χ0n) is 16.3. The number of hydrogen-bond donors (Lipinski definition) is 1. The fourth-order valence-electron chi connectivity index (χ4n) is 2.80. The molecule has 29 heavy (non-hydrogen) atoms. The maximum atomic E-state index is 12.5. The molecule has 1 N–H and O–H groups in total. The molecule has 0 aliphatic heterocycles. The maximum Gasteiger partial charge on any atom is 0.216 e. The van der Waals surface area contributed by atoms with Crippen molar-refractivity contribution in [3.05, 3.63) is 66.0 Å². The van der Waals surface area contributed by atoms with Gasteiger partial charge < -0.3 is 10.1 Å². The SMILES string of the molecule is COc1ccccc1-n1c(CCNC(C)=O)nnc1SCC(=O)c1ccccc1. The van der Waals surface area contributed by atoms with Gasteiger partial charge in [-0.05, 0) is 12.1 Å². The number of rotatable bonds is 9. The molecule has 7 nitrogen and oxygen atoms in total. The summed E-state index contributed by atoms with van der Waals surface area (Å²) >= 11 is 1.32. The van der Waals surface area contributed by atoms with E-state index in [0.717, 1.165) is 5.69 Å². The van der Waals surface area contributed by atoms with Gasteiger partial charge in [0.25, 0.3) is 0 Å². The fraction of sp³-hybridized carbons (Fsp3) is 0.238. The first-order chi connectivity index (χ1) is 14.1. The molecule has 0 saturated carbocycles. The predicted octanol–water partition coefficient (Wildman–Crippen LogP) is 2.93. The molecule has 0 atom stereocenters. The molecule has 0 spiro atoms. The first-order valence-corrected chi connectivity index (χ1v) is 10.1. The molecule has 8 heteroatoms. The van der Waals surface area contributed by atoms with Crippen molar-refractivity contribution in [2.75, 3.05) is 19.4 Å². The van der Waals surface area contributed by atoms with Crippen LogP contribution in [0.15, 0.2) is 59.8 Å². The minimum absolute atomic E-state index is 0.0185. The van der Waals surface area contributed by atoms with Crippen LogP contribution in [0, 0.1) is 0 Å². The van der Waals surface area contributed by atoms with E-state index < -0.39 is 0 Å². The molecular formula is C21H22N4O3S. The summed E-state index contributed by atoms with van der Waals surface area (Å²) in [6.07, 6.45) is 0.498. The zero-order chi connectivity index (χ0) is 20.6. The number of carbonyl (C=O) groups is 2. The van der Waals surface area contributed by atoms with Crippen molar-refractivity contribution in [1.29, 1.82) is 0 Å². The van der Waals surface area contributed by atoms with Crippen molar-refractivity contribution in [3.63, 3.8) is 0 Å². The first kappa shape index (κ1) is 20.6. The van der Waals surface area contributed by atoms with Crippen LogP contribution in [0.5, 0.6) is 5.75 Å². The second kappa shape index (κ2) is 9.88. The number of carbonyl (C=O) groups excluding carboxylic acids is 2. The van der Waals surface area contributed by atoms with Gasteiger partial charge in [0, 0.05) is 25.5 Å². The minimum atomic E-state index is -0.101. The third kappa shape index (κ3) is 5.23. The summed E-state index contributed by atoms with van der Waals surface area (Å²) in [5.41, 5.74) is 1.45. The van der Waals surface area contributed by atoms with Crippen LogP contribution in [0.2, 0.25) is 0 Å². The zero-order valence-corrected chi connectivity index (χ0v) is 17.1. The first-order valence-electron chi connectivity index (χ1n) is 9.13. The predicted molar refractivity (Wildman–Crippen MR) is 112 cm³/mol. The Hall–Kier alpha value is -3.13. The molecule has 3 rings (SSSR count). The number of hydrogen-bond acceptors (Lipinski definition) is 6. The Kier molecular flexibility index (Phi) is 7.02. The van der Waals surface area contributed by atoms with Gasteiger partial charge >= 0.3 is 0 Å². The Labute approximate surface area is 173 Å². The van der Waals surface area contributed by atoms with Crippen LogP contribution in [0.3, 0.4) is 0 Å². The van der Waals surface area contributed by atoms with E-state index in [2.05, 4.69) is 15.5 Å². The van der Waals surface area contributed by atoms with Crippen LogP contribution in [0.4, 0.5) is 0 Å². The quantitative estimate of drug-likeness (QED) is 0.431. The number of amides is 1. The summed E-state index contributed by atoms with van der Waals surface area (Å²) in [4.78, 5) is 23.7. The third-order valence-corrected chi connectivity index (χ3v) is 5.11. The second-order valence-corrected chi connectivity index (χ2v) is 7.16. The molecule has 0 unspecified atom stereocenters. The van der Waals surface area contributed by atoms with E-state index in [1.54, 1.807) is 19.2 Å². The molecule has 1 amide bonds. The van der Waals surface area contributed by atoms with Gasteiger partial charge in [-0.1, -0.05) is 54.2 Å². The highest BCUT2D eigenvalue weighted by Crippen LogP contribution is 2.29. The van der Waals surface area contributed by atoms with Crippen molar-refractivity contribution < 1.29 is 14.3 Å². The molecule has 3 aromatic rings. The number of para-hydroxylation sites is 2. The van der Waals surface area contributed by atoms with E-state index in [9.17, 15) is 9.59 Å². The summed E-state index contributed by atoms with van der Waals surface area (Å²) in [5, 5.41) is 11.9. The summed E-state index contributed by atoms with van der Waals surface area (Å²) in [6, 6.07) is 16.7. The van der Waals surface area contributed by atoms with E-state index in [1.165, 1.54) is 18.7 Å². The van der Waals surface area contributed by atoms with Crippen LogP contribution in [-0.4, -0.2) is 45.9 Å². The van der Waals surface area contributed by atoms with Gasteiger partial charge in [-0.3, -0.25) is 14.2 Å². The van der Waals surface area contributed by atoms with Gasteiger partial charge in [-0.25, -0.2) is 0 Å².